The van der Waals surface area contributed by atoms with Crippen molar-refractivity contribution in [1.82, 2.24) is 5.32 Å². The molecule has 0 radical (unpaired) electrons. The van der Waals surface area contributed by atoms with E-state index in [0.717, 1.165) is 0 Å². The standard InChI is InChI=1S/C15H11N3O4/c19-14-9-16-15(20)12-3-1-2-4-13(12)17(14)10-5-7-11(8-6-10)18(21)22/h1-8H,9H2,(H,16,20). The lowest BCUT2D eigenvalue weighted by molar-refractivity contribution is -0.384. The lowest BCUT2D eigenvalue weighted by atomic mass is 10.1. The van der Waals surface area contributed by atoms with Gasteiger partial charge in [-0.1, -0.05) is 12.1 Å². The highest BCUT2D eigenvalue weighted by Gasteiger charge is 2.27. The third-order valence-corrected chi connectivity index (χ3v) is 3.36. The van der Waals surface area contributed by atoms with Gasteiger partial charge in [-0.2, -0.15) is 0 Å². The zero-order valence-electron chi connectivity index (χ0n) is 11.4. The summed E-state index contributed by atoms with van der Waals surface area (Å²) < 4.78 is 0. The Labute approximate surface area is 125 Å². The number of para-hydroxylation sites is 1. The van der Waals surface area contributed by atoms with Gasteiger partial charge in [0.05, 0.1) is 22.7 Å². The summed E-state index contributed by atoms with van der Waals surface area (Å²) in [5.41, 5.74) is 1.25. The molecule has 7 nitrogen and oxygen atoms in total. The van der Waals surface area contributed by atoms with Crippen molar-refractivity contribution in [1.29, 1.82) is 0 Å². The fraction of sp³-hybridized carbons (Fsp3) is 0.0667. The maximum atomic E-state index is 12.3. The number of carbonyl (C=O) groups excluding carboxylic acids is 2. The van der Waals surface area contributed by atoms with Gasteiger partial charge in [0.15, 0.2) is 0 Å². The van der Waals surface area contributed by atoms with Crippen molar-refractivity contribution < 1.29 is 14.5 Å². The fourth-order valence-corrected chi connectivity index (χ4v) is 2.33. The number of hydrogen-bond donors (Lipinski definition) is 1. The number of carbonyl (C=O) groups is 2. The summed E-state index contributed by atoms with van der Waals surface area (Å²) in [5, 5.41) is 13.3. The van der Waals surface area contributed by atoms with Gasteiger partial charge in [-0.05, 0) is 24.3 Å². The summed E-state index contributed by atoms with van der Waals surface area (Å²) >= 11 is 0. The molecule has 0 saturated heterocycles. The summed E-state index contributed by atoms with van der Waals surface area (Å²) in [7, 11) is 0. The molecule has 0 bridgehead atoms. The van der Waals surface area contributed by atoms with Gasteiger partial charge in [0, 0.05) is 17.8 Å². The van der Waals surface area contributed by atoms with Crippen LogP contribution in [0.3, 0.4) is 0 Å². The molecule has 1 N–H and O–H groups in total. The van der Waals surface area contributed by atoms with Gasteiger partial charge >= 0.3 is 0 Å². The molecule has 0 saturated carbocycles. The highest BCUT2D eigenvalue weighted by atomic mass is 16.6. The Kier molecular flexibility index (Phi) is 3.30. The molecular weight excluding hydrogens is 286 g/mol. The van der Waals surface area contributed by atoms with E-state index in [1.807, 2.05) is 0 Å². The van der Waals surface area contributed by atoms with E-state index in [1.165, 1.54) is 29.2 Å². The molecule has 1 aliphatic heterocycles. The molecule has 0 aromatic heterocycles. The van der Waals surface area contributed by atoms with E-state index in [4.69, 9.17) is 0 Å². The number of nitrogens with one attached hydrogen (secondary N) is 1. The van der Waals surface area contributed by atoms with Crippen molar-refractivity contribution in [2.75, 3.05) is 11.4 Å². The monoisotopic (exact) mass is 297 g/mol. The number of nitrogens with zero attached hydrogens (tertiary/aromatic N) is 2. The number of amides is 2. The Balaban J connectivity index is 2.11. The number of non-ortho nitro benzene ring substituents is 1. The summed E-state index contributed by atoms with van der Waals surface area (Å²) in [4.78, 5) is 35.9. The SMILES string of the molecule is O=C1NCC(=O)N(c2ccc([N+](=O)[O-])cc2)c2ccccc21. The van der Waals surface area contributed by atoms with Crippen LogP contribution in [0.1, 0.15) is 10.4 Å². The van der Waals surface area contributed by atoms with E-state index in [9.17, 15) is 19.7 Å². The van der Waals surface area contributed by atoms with Crippen molar-refractivity contribution in [3.05, 3.63) is 64.2 Å². The maximum Gasteiger partial charge on any atom is 0.269 e. The maximum absolute atomic E-state index is 12.3. The van der Waals surface area contributed by atoms with Crippen LogP contribution in [0.15, 0.2) is 48.5 Å². The number of anilines is 2. The molecule has 0 aliphatic carbocycles. The van der Waals surface area contributed by atoms with Gasteiger partial charge in [0.25, 0.3) is 17.5 Å². The largest absolute Gasteiger partial charge is 0.343 e. The molecule has 0 unspecified atom stereocenters. The minimum atomic E-state index is -0.507. The minimum Gasteiger partial charge on any atom is -0.343 e. The predicted molar refractivity (Wildman–Crippen MR) is 79.0 cm³/mol. The van der Waals surface area contributed by atoms with Crippen molar-refractivity contribution in [2.45, 2.75) is 0 Å². The normalized spacial score (nSPS) is 14.1. The third-order valence-electron chi connectivity index (χ3n) is 3.36. The van der Waals surface area contributed by atoms with Gasteiger partial charge in [-0.25, -0.2) is 0 Å². The molecular formula is C15H11N3O4. The van der Waals surface area contributed by atoms with Crippen molar-refractivity contribution in [3.8, 4) is 0 Å². The van der Waals surface area contributed by atoms with Gasteiger partial charge in [0.1, 0.15) is 0 Å². The van der Waals surface area contributed by atoms with Crippen LogP contribution in [0.25, 0.3) is 0 Å². The number of hydrogen-bond acceptors (Lipinski definition) is 4. The van der Waals surface area contributed by atoms with E-state index < -0.39 is 4.92 Å². The first kappa shape index (κ1) is 13.7. The first-order valence-electron chi connectivity index (χ1n) is 6.52. The molecule has 2 amide bonds. The van der Waals surface area contributed by atoms with Crippen molar-refractivity contribution in [2.24, 2.45) is 0 Å². The fourth-order valence-electron chi connectivity index (χ4n) is 2.33. The molecule has 1 heterocycles. The van der Waals surface area contributed by atoms with Gasteiger partial charge in [0.2, 0.25) is 0 Å². The van der Waals surface area contributed by atoms with E-state index in [-0.39, 0.29) is 24.0 Å². The van der Waals surface area contributed by atoms with Gasteiger partial charge < -0.3 is 5.32 Å². The summed E-state index contributed by atoms with van der Waals surface area (Å²) in [6.07, 6.45) is 0. The first-order chi connectivity index (χ1) is 10.6. The summed E-state index contributed by atoms with van der Waals surface area (Å²) in [6, 6.07) is 12.4. The van der Waals surface area contributed by atoms with Crippen LogP contribution in [0.4, 0.5) is 17.1 Å². The third kappa shape index (κ3) is 2.28. The first-order valence-corrected chi connectivity index (χ1v) is 6.52. The highest BCUT2D eigenvalue weighted by Crippen LogP contribution is 2.31. The number of fused-ring (bicyclic) bond motifs is 1. The van der Waals surface area contributed by atoms with Crippen LogP contribution in [-0.4, -0.2) is 23.3 Å². The van der Waals surface area contributed by atoms with Gasteiger partial charge in [-0.15, -0.1) is 0 Å². The van der Waals surface area contributed by atoms with Crippen molar-refractivity contribution in [3.63, 3.8) is 0 Å². The van der Waals surface area contributed by atoms with Crippen LogP contribution < -0.4 is 10.2 Å². The molecule has 0 fully saturated rings. The lowest BCUT2D eigenvalue weighted by Gasteiger charge is -2.22. The van der Waals surface area contributed by atoms with Crippen LogP contribution in [0.5, 0.6) is 0 Å². The zero-order chi connectivity index (χ0) is 15.7. The van der Waals surface area contributed by atoms with Crippen LogP contribution in [-0.2, 0) is 4.79 Å². The second kappa shape index (κ2) is 5.28. The molecule has 0 atom stereocenters. The Hall–Kier alpha value is -3.22. The Morgan fingerprint density at radius 1 is 1.05 bits per heavy atom. The molecule has 1 aliphatic rings. The second-order valence-electron chi connectivity index (χ2n) is 4.70. The van der Waals surface area contributed by atoms with E-state index in [0.29, 0.717) is 16.9 Å². The number of nitro benzene ring substituents is 1. The summed E-state index contributed by atoms with van der Waals surface area (Å²) in [6.45, 7) is -0.134. The number of nitro groups is 1. The lowest BCUT2D eigenvalue weighted by Crippen LogP contribution is -2.33. The molecule has 2 aromatic rings. The molecule has 0 spiro atoms. The van der Waals surface area contributed by atoms with E-state index >= 15 is 0 Å². The average Bonchev–Trinajstić information content (AvgIpc) is 2.65. The highest BCUT2D eigenvalue weighted by molar-refractivity contribution is 6.12. The smallest absolute Gasteiger partial charge is 0.269 e. The van der Waals surface area contributed by atoms with Crippen LogP contribution in [0, 0.1) is 10.1 Å². The second-order valence-corrected chi connectivity index (χ2v) is 4.70. The molecule has 3 rings (SSSR count). The number of benzene rings is 2. The average molecular weight is 297 g/mol. The summed E-state index contributed by atoms with van der Waals surface area (Å²) in [5.74, 6) is -0.638. The molecule has 22 heavy (non-hydrogen) atoms. The van der Waals surface area contributed by atoms with Crippen LogP contribution >= 0.6 is 0 Å². The topological polar surface area (TPSA) is 92.6 Å². The molecule has 110 valence electrons. The zero-order valence-corrected chi connectivity index (χ0v) is 11.4. The Bertz CT molecular complexity index is 771. The molecule has 7 heteroatoms. The van der Waals surface area contributed by atoms with Crippen LogP contribution in [0.2, 0.25) is 0 Å². The Morgan fingerprint density at radius 3 is 2.41 bits per heavy atom. The van der Waals surface area contributed by atoms with E-state index in [1.54, 1.807) is 24.3 Å². The van der Waals surface area contributed by atoms with Gasteiger partial charge in [-0.3, -0.25) is 24.6 Å². The number of rotatable bonds is 2. The van der Waals surface area contributed by atoms with E-state index in [2.05, 4.69) is 5.32 Å². The Morgan fingerprint density at radius 2 is 1.73 bits per heavy atom. The minimum absolute atomic E-state index is 0.0616. The quantitative estimate of drug-likeness (QED) is 0.677. The predicted octanol–water partition coefficient (Wildman–Crippen LogP) is 2.00. The molecule has 2 aromatic carbocycles. The van der Waals surface area contributed by atoms with Crippen molar-refractivity contribution >= 4 is 28.9 Å².